The van der Waals surface area contributed by atoms with Crippen molar-refractivity contribution in [1.29, 1.82) is 5.26 Å². The van der Waals surface area contributed by atoms with Gasteiger partial charge in [-0.2, -0.15) is 10.4 Å². The molecule has 92 valence electrons. The van der Waals surface area contributed by atoms with Gasteiger partial charge in [0.1, 0.15) is 0 Å². The second-order valence-corrected chi connectivity index (χ2v) is 5.08. The molecule has 17 heavy (non-hydrogen) atoms. The summed E-state index contributed by atoms with van der Waals surface area (Å²) in [6.45, 7) is 0. The summed E-state index contributed by atoms with van der Waals surface area (Å²) in [5.41, 5.74) is 7.92. The second kappa shape index (κ2) is 4.74. The molecule has 0 aromatic carbocycles. The number of nitrogens with zero attached hydrogens (tertiary/aromatic N) is 2. The monoisotopic (exact) mass is 234 g/mol. The van der Waals surface area contributed by atoms with Crippen molar-refractivity contribution in [3.8, 4) is 6.07 Å². The number of hydrazone groups is 1. The van der Waals surface area contributed by atoms with Crippen LogP contribution in [0.2, 0.25) is 0 Å². The van der Waals surface area contributed by atoms with Gasteiger partial charge < -0.3 is 5.73 Å². The number of nitrogens with one attached hydrogen (secondary N) is 1. The van der Waals surface area contributed by atoms with E-state index < -0.39 is 6.03 Å². The predicted molar refractivity (Wildman–Crippen MR) is 64.0 cm³/mol. The van der Waals surface area contributed by atoms with E-state index in [0.717, 1.165) is 37.8 Å². The van der Waals surface area contributed by atoms with Crippen molar-refractivity contribution in [1.82, 2.24) is 5.43 Å². The highest BCUT2D eigenvalue weighted by Gasteiger charge is 2.44. The molecule has 0 aliphatic heterocycles. The van der Waals surface area contributed by atoms with Crippen LogP contribution in [-0.4, -0.2) is 11.7 Å². The van der Waals surface area contributed by atoms with Gasteiger partial charge in [0, 0.05) is 12.1 Å². The van der Waals surface area contributed by atoms with Gasteiger partial charge in [-0.05, 0) is 31.6 Å². The number of carbonyl (C=O) groups excluding carboxylic acids is 1. The van der Waals surface area contributed by atoms with Crippen LogP contribution in [0.25, 0.3) is 0 Å². The molecule has 0 heterocycles. The van der Waals surface area contributed by atoms with E-state index in [1.807, 2.05) is 0 Å². The minimum absolute atomic E-state index is 0.241. The number of rotatable bonds is 1. The van der Waals surface area contributed by atoms with E-state index >= 15 is 0 Å². The summed E-state index contributed by atoms with van der Waals surface area (Å²) in [5.74, 6) is 0.508. The number of primary amides is 1. The van der Waals surface area contributed by atoms with Gasteiger partial charge in [-0.1, -0.05) is 12.8 Å². The highest BCUT2D eigenvalue weighted by atomic mass is 16.2. The van der Waals surface area contributed by atoms with Crippen molar-refractivity contribution in [2.45, 2.75) is 44.9 Å². The Bertz CT molecular complexity index is 384. The van der Waals surface area contributed by atoms with Crippen LogP contribution < -0.4 is 11.2 Å². The Balaban J connectivity index is 2.11. The van der Waals surface area contributed by atoms with Gasteiger partial charge in [-0.15, -0.1) is 0 Å². The van der Waals surface area contributed by atoms with E-state index in [4.69, 9.17) is 5.73 Å². The lowest BCUT2D eigenvalue weighted by Gasteiger charge is -2.42. The number of hydrogen-bond acceptors (Lipinski definition) is 3. The summed E-state index contributed by atoms with van der Waals surface area (Å²) in [4.78, 5) is 10.6. The molecule has 0 saturated heterocycles. The molecule has 2 aliphatic carbocycles. The fraction of sp³-hybridized carbons (Fsp3) is 0.750. The Morgan fingerprint density at radius 1 is 1.53 bits per heavy atom. The van der Waals surface area contributed by atoms with Gasteiger partial charge in [-0.3, -0.25) is 0 Å². The van der Waals surface area contributed by atoms with Crippen LogP contribution in [-0.2, 0) is 0 Å². The van der Waals surface area contributed by atoms with Gasteiger partial charge in [-0.25, -0.2) is 10.2 Å². The average Bonchev–Trinajstić information content (AvgIpc) is 2.36. The SMILES string of the molecule is N#C[C@@]12CCCC[C@@H]1CC/C(=N/NC(N)=O)C2. The second-order valence-electron chi connectivity index (χ2n) is 5.08. The number of hydrogen-bond donors (Lipinski definition) is 2. The standard InChI is InChI=1S/C12H18N4O/c13-8-12-6-2-1-3-9(12)4-5-10(7-12)15-16-11(14)17/h9H,1-7H2,(H3,14,16,17)/b15-10-/t9-,12+/m1/s1. The van der Waals surface area contributed by atoms with Crippen LogP contribution >= 0.6 is 0 Å². The zero-order chi connectivity index (χ0) is 12.3. The van der Waals surface area contributed by atoms with Crippen molar-refractivity contribution in [3.63, 3.8) is 0 Å². The van der Waals surface area contributed by atoms with Crippen LogP contribution in [0.5, 0.6) is 0 Å². The number of amides is 2. The lowest BCUT2D eigenvalue weighted by atomic mass is 9.60. The first kappa shape index (κ1) is 11.9. The van der Waals surface area contributed by atoms with Gasteiger partial charge in [0.2, 0.25) is 0 Å². The topological polar surface area (TPSA) is 91.3 Å². The molecule has 2 aliphatic rings. The van der Waals surface area contributed by atoms with Crippen molar-refractivity contribution in [3.05, 3.63) is 0 Å². The van der Waals surface area contributed by atoms with Crippen molar-refractivity contribution >= 4 is 11.7 Å². The van der Waals surface area contributed by atoms with Crippen LogP contribution in [0.15, 0.2) is 5.10 Å². The van der Waals surface area contributed by atoms with E-state index in [9.17, 15) is 10.1 Å². The molecular weight excluding hydrogens is 216 g/mol. The molecule has 2 atom stereocenters. The van der Waals surface area contributed by atoms with Crippen LogP contribution in [0.4, 0.5) is 4.79 Å². The first-order valence-corrected chi connectivity index (χ1v) is 6.18. The highest BCUT2D eigenvalue weighted by Crippen LogP contribution is 2.49. The molecule has 2 amide bonds. The van der Waals surface area contributed by atoms with E-state index in [1.54, 1.807) is 0 Å². The molecule has 0 aromatic rings. The Labute approximate surface area is 101 Å². The van der Waals surface area contributed by atoms with Crippen LogP contribution in [0.3, 0.4) is 0 Å². The summed E-state index contributed by atoms with van der Waals surface area (Å²) < 4.78 is 0. The summed E-state index contributed by atoms with van der Waals surface area (Å²) >= 11 is 0. The van der Waals surface area contributed by atoms with E-state index in [0.29, 0.717) is 12.3 Å². The minimum Gasteiger partial charge on any atom is -0.350 e. The molecule has 0 bridgehead atoms. The molecule has 2 fully saturated rings. The summed E-state index contributed by atoms with van der Waals surface area (Å²) in [6, 6.07) is 1.87. The first-order chi connectivity index (χ1) is 8.16. The summed E-state index contributed by atoms with van der Waals surface area (Å²) in [7, 11) is 0. The predicted octanol–water partition coefficient (Wildman–Crippen LogP) is 1.89. The fourth-order valence-electron chi connectivity index (χ4n) is 3.17. The maximum absolute atomic E-state index is 10.6. The van der Waals surface area contributed by atoms with Gasteiger partial charge in [0.05, 0.1) is 11.5 Å². The molecule has 2 rings (SSSR count). The third kappa shape index (κ3) is 2.41. The highest BCUT2D eigenvalue weighted by molar-refractivity contribution is 5.87. The largest absolute Gasteiger partial charge is 0.350 e. The molecule has 0 radical (unpaired) electrons. The normalized spacial score (nSPS) is 34.8. The number of nitriles is 1. The number of fused-ring (bicyclic) bond motifs is 1. The molecular formula is C12H18N4O. The van der Waals surface area contributed by atoms with Crippen LogP contribution in [0, 0.1) is 22.7 Å². The summed E-state index contributed by atoms with van der Waals surface area (Å²) in [6.07, 6.45) is 7.05. The Hall–Kier alpha value is -1.57. The van der Waals surface area contributed by atoms with Crippen molar-refractivity contribution in [2.24, 2.45) is 22.2 Å². The fourth-order valence-corrected chi connectivity index (χ4v) is 3.17. The maximum Gasteiger partial charge on any atom is 0.332 e. The van der Waals surface area contributed by atoms with E-state index in [-0.39, 0.29) is 5.41 Å². The molecule has 0 spiro atoms. The molecule has 0 aromatic heterocycles. The molecule has 5 nitrogen and oxygen atoms in total. The lowest BCUT2D eigenvalue weighted by molar-refractivity contribution is 0.144. The van der Waals surface area contributed by atoms with E-state index in [1.165, 1.54) is 6.42 Å². The zero-order valence-electron chi connectivity index (χ0n) is 9.91. The molecule has 2 saturated carbocycles. The molecule has 0 unspecified atom stereocenters. The molecule has 5 heteroatoms. The van der Waals surface area contributed by atoms with Crippen LogP contribution in [0.1, 0.15) is 44.9 Å². The Morgan fingerprint density at radius 2 is 2.35 bits per heavy atom. The lowest BCUT2D eigenvalue weighted by Crippen LogP contribution is -2.39. The Kier molecular flexibility index (Phi) is 3.32. The summed E-state index contributed by atoms with van der Waals surface area (Å²) in [5, 5.41) is 13.5. The average molecular weight is 234 g/mol. The third-order valence-electron chi connectivity index (χ3n) is 4.05. The quantitative estimate of drug-likeness (QED) is 0.678. The number of urea groups is 1. The number of carbonyl (C=O) groups is 1. The minimum atomic E-state index is -0.644. The van der Waals surface area contributed by atoms with Crippen molar-refractivity contribution in [2.75, 3.05) is 0 Å². The smallest absolute Gasteiger partial charge is 0.332 e. The maximum atomic E-state index is 10.6. The van der Waals surface area contributed by atoms with Gasteiger partial charge >= 0.3 is 6.03 Å². The number of nitrogens with two attached hydrogens (primary N) is 1. The Morgan fingerprint density at radius 3 is 3.06 bits per heavy atom. The first-order valence-electron chi connectivity index (χ1n) is 6.18. The third-order valence-corrected chi connectivity index (χ3v) is 4.05. The van der Waals surface area contributed by atoms with Crippen molar-refractivity contribution < 1.29 is 4.79 Å². The molecule has 3 N–H and O–H groups in total. The van der Waals surface area contributed by atoms with Gasteiger partial charge in [0.15, 0.2) is 0 Å². The zero-order valence-corrected chi connectivity index (χ0v) is 9.91. The van der Waals surface area contributed by atoms with E-state index in [2.05, 4.69) is 16.6 Å². The van der Waals surface area contributed by atoms with Gasteiger partial charge in [0.25, 0.3) is 0 Å².